The second kappa shape index (κ2) is 10.4. The fraction of sp³-hybridized carbons (Fsp3) is 0.296. The predicted molar refractivity (Wildman–Crippen MR) is 133 cm³/mol. The maximum atomic E-state index is 13.6. The van der Waals surface area contributed by atoms with Gasteiger partial charge in [0.2, 0.25) is 0 Å². The highest BCUT2D eigenvalue weighted by Crippen LogP contribution is 2.36. The Hall–Kier alpha value is -3.77. The molecule has 4 rings (SSSR count). The van der Waals surface area contributed by atoms with Gasteiger partial charge in [0.15, 0.2) is 5.65 Å². The van der Waals surface area contributed by atoms with E-state index in [2.05, 4.69) is 20.3 Å². The number of halogens is 6. The Morgan fingerprint density at radius 1 is 0.923 bits per heavy atom. The van der Waals surface area contributed by atoms with Gasteiger partial charge in [0.1, 0.15) is 5.69 Å². The van der Waals surface area contributed by atoms with Gasteiger partial charge in [0, 0.05) is 17.3 Å². The van der Waals surface area contributed by atoms with E-state index < -0.39 is 35.2 Å². The summed E-state index contributed by atoms with van der Waals surface area (Å²) >= 11 is 0. The largest absolute Gasteiger partial charge is 0.418 e. The van der Waals surface area contributed by atoms with Gasteiger partial charge in [-0.15, -0.1) is 0 Å². The molecule has 206 valence electrons. The molecule has 4 aromatic rings. The van der Waals surface area contributed by atoms with E-state index in [-0.39, 0.29) is 23.6 Å². The first-order chi connectivity index (χ1) is 18.1. The topological polar surface area (TPSA) is 80.2 Å². The smallest absolute Gasteiger partial charge is 0.388 e. The molecule has 0 saturated heterocycles. The second-order valence-electron chi connectivity index (χ2n) is 9.43. The number of hydrogen-bond acceptors (Lipinski definition) is 6. The molecule has 1 unspecified atom stereocenters. The number of anilines is 2. The zero-order valence-electron chi connectivity index (χ0n) is 21.0. The van der Waals surface area contributed by atoms with Crippen LogP contribution in [-0.2, 0) is 23.7 Å². The van der Waals surface area contributed by atoms with Crippen molar-refractivity contribution in [3.05, 3.63) is 77.6 Å². The molecule has 0 aliphatic heterocycles. The lowest BCUT2D eigenvalue weighted by Crippen LogP contribution is -2.35. The van der Waals surface area contributed by atoms with Gasteiger partial charge in [0.05, 0.1) is 46.5 Å². The maximum Gasteiger partial charge on any atom is 0.418 e. The number of pyridine rings is 3. The zero-order valence-corrected chi connectivity index (χ0v) is 21.0. The van der Waals surface area contributed by atoms with Crippen molar-refractivity contribution >= 4 is 22.4 Å². The van der Waals surface area contributed by atoms with Crippen LogP contribution in [0, 0.1) is 0 Å². The number of benzene rings is 1. The van der Waals surface area contributed by atoms with E-state index in [0.717, 1.165) is 18.2 Å². The molecule has 39 heavy (non-hydrogen) atoms. The molecule has 2 N–H and O–H groups in total. The molecule has 3 aromatic heterocycles. The van der Waals surface area contributed by atoms with E-state index in [1.165, 1.54) is 36.5 Å². The molecular weight excluding hydrogens is 526 g/mol. The van der Waals surface area contributed by atoms with Crippen molar-refractivity contribution in [2.45, 2.75) is 51.4 Å². The predicted octanol–water partition coefficient (Wildman–Crippen LogP) is 7.15. The van der Waals surface area contributed by atoms with E-state index >= 15 is 0 Å². The van der Waals surface area contributed by atoms with Gasteiger partial charge in [-0.25, -0.2) is 9.97 Å². The summed E-state index contributed by atoms with van der Waals surface area (Å²) in [6, 6.07) is 10.9. The van der Waals surface area contributed by atoms with Crippen LogP contribution in [0.3, 0.4) is 0 Å². The van der Waals surface area contributed by atoms with Gasteiger partial charge in [-0.05, 0) is 75.4 Å². The first kappa shape index (κ1) is 28.2. The number of nitrogens with one attached hydrogen (secondary N) is 1. The summed E-state index contributed by atoms with van der Waals surface area (Å²) in [6.07, 6.45) is -8.52. The third-order valence-electron chi connectivity index (χ3n) is 6.05. The molecule has 0 spiro atoms. The standard InChI is InChI=1S/C27H24F6N4O2/c1-15(25(2,3)38)39-14-18-13-22(35-17-8-6-16(7-9-17)26(28,29)30)19-10-11-21(37-24(19)36-18)23-20(27(31,32)33)5-4-12-34-23/h4-13,15,38H,14H2,1-3H3,(H,35,36,37). The third kappa shape index (κ3) is 6.63. The van der Waals surface area contributed by atoms with Crippen LogP contribution in [0.25, 0.3) is 22.4 Å². The van der Waals surface area contributed by atoms with E-state index in [0.29, 0.717) is 22.5 Å². The van der Waals surface area contributed by atoms with Gasteiger partial charge in [-0.3, -0.25) is 4.98 Å². The third-order valence-corrected chi connectivity index (χ3v) is 6.05. The average molecular weight is 551 g/mol. The summed E-state index contributed by atoms with van der Waals surface area (Å²) in [5.41, 5.74) is -2.24. The minimum atomic E-state index is -4.66. The number of nitrogens with zero attached hydrogens (tertiary/aromatic N) is 3. The number of aliphatic hydroxyl groups is 1. The van der Waals surface area contributed by atoms with Crippen molar-refractivity contribution in [3.8, 4) is 11.4 Å². The van der Waals surface area contributed by atoms with Crippen LogP contribution in [0.15, 0.2) is 60.8 Å². The lowest BCUT2D eigenvalue weighted by molar-refractivity contribution is -0.138. The number of ether oxygens (including phenoxy) is 1. The fourth-order valence-corrected chi connectivity index (χ4v) is 3.62. The highest BCUT2D eigenvalue weighted by atomic mass is 19.4. The minimum Gasteiger partial charge on any atom is -0.388 e. The Kier molecular flexibility index (Phi) is 7.55. The van der Waals surface area contributed by atoms with Gasteiger partial charge in [-0.2, -0.15) is 26.3 Å². The molecular formula is C27H24F6N4O2. The van der Waals surface area contributed by atoms with Gasteiger partial charge in [0.25, 0.3) is 0 Å². The summed E-state index contributed by atoms with van der Waals surface area (Å²) in [5, 5.41) is 13.6. The molecule has 0 radical (unpaired) electrons. The summed E-state index contributed by atoms with van der Waals surface area (Å²) in [5.74, 6) is 0. The molecule has 0 aliphatic carbocycles. The molecule has 0 fully saturated rings. The van der Waals surface area contributed by atoms with E-state index in [4.69, 9.17) is 4.74 Å². The van der Waals surface area contributed by atoms with Crippen LogP contribution >= 0.6 is 0 Å². The lowest BCUT2D eigenvalue weighted by atomic mass is 10.0. The zero-order chi connectivity index (χ0) is 28.6. The van der Waals surface area contributed by atoms with E-state index in [1.54, 1.807) is 26.8 Å². The first-order valence-corrected chi connectivity index (χ1v) is 11.7. The highest BCUT2D eigenvalue weighted by Gasteiger charge is 2.35. The van der Waals surface area contributed by atoms with Crippen LogP contribution in [0.5, 0.6) is 0 Å². The fourth-order valence-electron chi connectivity index (χ4n) is 3.62. The Balaban J connectivity index is 1.78. The molecule has 12 heteroatoms. The van der Waals surface area contributed by atoms with Gasteiger partial charge in [-0.1, -0.05) is 0 Å². The molecule has 3 heterocycles. The van der Waals surface area contributed by atoms with Crippen LogP contribution in [0.1, 0.15) is 37.6 Å². The van der Waals surface area contributed by atoms with Crippen molar-refractivity contribution in [2.24, 2.45) is 0 Å². The van der Waals surface area contributed by atoms with Crippen molar-refractivity contribution in [3.63, 3.8) is 0 Å². The van der Waals surface area contributed by atoms with Crippen molar-refractivity contribution in [1.82, 2.24) is 15.0 Å². The summed E-state index contributed by atoms with van der Waals surface area (Å²) < 4.78 is 85.4. The number of aromatic nitrogens is 3. The molecule has 0 amide bonds. The quantitative estimate of drug-likeness (QED) is 0.238. The molecule has 6 nitrogen and oxygen atoms in total. The Labute approximate surface area is 219 Å². The van der Waals surface area contributed by atoms with Crippen molar-refractivity contribution < 1.29 is 36.2 Å². The molecule has 1 atom stereocenters. The van der Waals surface area contributed by atoms with Gasteiger partial charge < -0.3 is 15.2 Å². The van der Waals surface area contributed by atoms with Crippen molar-refractivity contribution in [1.29, 1.82) is 0 Å². The highest BCUT2D eigenvalue weighted by molar-refractivity contribution is 5.92. The summed E-state index contributed by atoms with van der Waals surface area (Å²) in [4.78, 5) is 12.7. The van der Waals surface area contributed by atoms with Crippen LogP contribution in [-0.4, -0.2) is 31.8 Å². The van der Waals surface area contributed by atoms with Crippen LogP contribution < -0.4 is 5.32 Å². The van der Waals surface area contributed by atoms with Gasteiger partial charge >= 0.3 is 12.4 Å². The number of rotatable bonds is 7. The van der Waals surface area contributed by atoms with Crippen LogP contribution in [0.4, 0.5) is 37.7 Å². The molecule has 0 saturated carbocycles. The number of fused-ring (bicyclic) bond motifs is 1. The maximum absolute atomic E-state index is 13.6. The SMILES string of the molecule is CC(OCc1cc(Nc2ccc(C(F)(F)F)cc2)c2ccc(-c3ncccc3C(F)(F)F)nc2n1)C(C)(C)O. The molecule has 0 bridgehead atoms. The number of hydrogen-bond donors (Lipinski definition) is 2. The summed E-state index contributed by atoms with van der Waals surface area (Å²) in [7, 11) is 0. The molecule has 0 aliphatic rings. The normalized spacial score (nSPS) is 13.5. The number of alkyl halides is 6. The monoisotopic (exact) mass is 550 g/mol. The Morgan fingerprint density at radius 2 is 1.62 bits per heavy atom. The second-order valence-corrected chi connectivity index (χ2v) is 9.43. The van der Waals surface area contributed by atoms with E-state index in [9.17, 15) is 31.4 Å². The van der Waals surface area contributed by atoms with Crippen molar-refractivity contribution in [2.75, 3.05) is 5.32 Å². The Morgan fingerprint density at radius 3 is 2.23 bits per heavy atom. The Bertz CT molecular complexity index is 1460. The lowest BCUT2D eigenvalue weighted by Gasteiger charge is -2.25. The van der Waals surface area contributed by atoms with Crippen LogP contribution in [0.2, 0.25) is 0 Å². The summed E-state index contributed by atoms with van der Waals surface area (Å²) in [6.45, 7) is 4.73. The first-order valence-electron chi connectivity index (χ1n) is 11.7. The average Bonchev–Trinajstić information content (AvgIpc) is 2.85. The minimum absolute atomic E-state index is 0.0636. The molecule has 1 aromatic carbocycles. The van der Waals surface area contributed by atoms with E-state index in [1.807, 2.05) is 0 Å².